The van der Waals surface area contributed by atoms with E-state index in [1.807, 2.05) is 6.07 Å². The highest BCUT2D eigenvalue weighted by atomic mass is 32.1. The van der Waals surface area contributed by atoms with Crippen molar-refractivity contribution in [1.29, 1.82) is 0 Å². The minimum absolute atomic E-state index is 0.214. The van der Waals surface area contributed by atoms with E-state index < -0.39 is 5.97 Å². The van der Waals surface area contributed by atoms with Crippen LogP contribution in [0.4, 0.5) is 5.13 Å². The van der Waals surface area contributed by atoms with Crippen LogP contribution in [0.25, 0.3) is 10.2 Å². The van der Waals surface area contributed by atoms with Crippen molar-refractivity contribution in [3.05, 3.63) is 76.7 Å². The molecule has 4 unspecified atom stereocenters. The van der Waals surface area contributed by atoms with Gasteiger partial charge in [0, 0.05) is 29.5 Å². The Morgan fingerprint density at radius 2 is 1.82 bits per heavy atom. The van der Waals surface area contributed by atoms with Gasteiger partial charge in [-0.05, 0) is 74.6 Å². The summed E-state index contributed by atoms with van der Waals surface area (Å²) in [4.78, 5) is 18.8. The topological polar surface area (TPSA) is 88.7 Å². The molecule has 2 saturated heterocycles. The van der Waals surface area contributed by atoms with E-state index in [4.69, 9.17) is 14.2 Å². The van der Waals surface area contributed by atoms with Crippen LogP contribution in [-0.2, 0) is 11.3 Å². The number of nitrogens with zero attached hydrogens (tertiary/aromatic N) is 3. The van der Waals surface area contributed by atoms with Crippen molar-refractivity contribution >= 4 is 32.7 Å². The van der Waals surface area contributed by atoms with Crippen molar-refractivity contribution in [2.45, 2.75) is 87.5 Å². The van der Waals surface area contributed by atoms with Gasteiger partial charge >= 0.3 is 5.97 Å². The van der Waals surface area contributed by atoms with Gasteiger partial charge in [-0.25, -0.2) is 9.78 Å². The van der Waals surface area contributed by atoms with Crippen molar-refractivity contribution in [3.8, 4) is 0 Å². The molecule has 8 rings (SSSR count). The highest BCUT2D eigenvalue weighted by Gasteiger charge is 2.46. The molecule has 2 aliphatic carbocycles. The Kier molecular flexibility index (Phi) is 5.56. The zero-order chi connectivity index (χ0) is 26.1. The smallest absolute Gasteiger partial charge is 0.335 e. The first-order chi connectivity index (χ1) is 19.1. The number of carbonyl (C=O) groups is 1. The number of piperidine rings is 1. The molecule has 200 valence electrons. The van der Waals surface area contributed by atoms with Gasteiger partial charge in [0.05, 0.1) is 34.2 Å². The third kappa shape index (κ3) is 4.25. The predicted octanol–water partition coefficient (Wildman–Crippen LogP) is 6.85. The van der Waals surface area contributed by atoms with Crippen LogP contribution in [0.1, 0.15) is 95.6 Å². The summed E-state index contributed by atoms with van der Waals surface area (Å²) in [5.41, 5.74) is 4.92. The van der Waals surface area contributed by atoms with Crippen molar-refractivity contribution < 1.29 is 19.2 Å². The van der Waals surface area contributed by atoms with E-state index in [0.717, 1.165) is 58.9 Å². The van der Waals surface area contributed by atoms with Gasteiger partial charge < -0.3 is 19.3 Å². The SMILES string of the molecule is O=C(O)c1ccc2nc(N3C4CC[C@H]3CC(OCc3c(C5CC5c5ccccc5)noc3C3CC3)C4)sc2c1. The minimum Gasteiger partial charge on any atom is -0.478 e. The van der Waals surface area contributed by atoms with Gasteiger partial charge in [-0.1, -0.05) is 46.8 Å². The number of aromatic nitrogens is 2. The Hall–Kier alpha value is -3.23. The van der Waals surface area contributed by atoms with E-state index in [0.29, 0.717) is 42.0 Å². The number of ether oxygens (including phenoxy) is 1. The number of hydrogen-bond acceptors (Lipinski definition) is 7. The molecule has 2 bridgehead atoms. The fourth-order valence-electron chi connectivity index (χ4n) is 6.94. The number of benzene rings is 2. The molecule has 4 aromatic rings. The van der Waals surface area contributed by atoms with Crippen LogP contribution in [0.5, 0.6) is 0 Å². The largest absolute Gasteiger partial charge is 0.478 e. The second-order valence-electron chi connectivity index (χ2n) is 11.7. The van der Waals surface area contributed by atoms with Crippen LogP contribution < -0.4 is 4.90 Å². The first kappa shape index (κ1) is 23.6. The molecular weight excluding hydrogens is 510 g/mol. The van der Waals surface area contributed by atoms with Crippen LogP contribution >= 0.6 is 11.3 Å². The number of aromatic carboxylic acids is 1. The molecule has 8 heteroatoms. The van der Waals surface area contributed by atoms with E-state index in [2.05, 4.69) is 40.4 Å². The Bertz CT molecular complexity index is 1530. The second-order valence-corrected chi connectivity index (χ2v) is 12.7. The molecule has 2 aromatic carbocycles. The molecule has 4 fully saturated rings. The summed E-state index contributed by atoms with van der Waals surface area (Å²) in [6, 6.07) is 16.8. The monoisotopic (exact) mass is 541 g/mol. The maximum absolute atomic E-state index is 11.4. The van der Waals surface area contributed by atoms with Gasteiger partial charge in [0.15, 0.2) is 5.13 Å². The molecule has 5 atom stereocenters. The molecule has 7 nitrogen and oxygen atoms in total. The zero-order valence-electron chi connectivity index (χ0n) is 21.7. The quantitative estimate of drug-likeness (QED) is 0.261. The van der Waals surface area contributed by atoms with Gasteiger partial charge in [0.1, 0.15) is 5.76 Å². The molecule has 1 N–H and O–H groups in total. The number of rotatable bonds is 8. The van der Waals surface area contributed by atoms with Gasteiger partial charge in [-0.15, -0.1) is 0 Å². The normalized spacial score (nSPS) is 27.8. The Balaban J connectivity index is 0.975. The summed E-state index contributed by atoms with van der Waals surface area (Å²) in [6.07, 6.45) is 7.99. The van der Waals surface area contributed by atoms with Gasteiger partial charge in [0.2, 0.25) is 0 Å². The number of carboxylic acid groups (broad SMARTS) is 1. The van der Waals surface area contributed by atoms with Crippen molar-refractivity contribution in [2.75, 3.05) is 4.90 Å². The number of hydrogen-bond donors (Lipinski definition) is 1. The number of carboxylic acids is 1. The molecule has 2 aromatic heterocycles. The average Bonchev–Trinajstić information content (AvgIpc) is 3.85. The molecule has 39 heavy (non-hydrogen) atoms. The summed E-state index contributed by atoms with van der Waals surface area (Å²) in [7, 11) is 0. The number of fused-ring (bicyclic) bond motifs is 3. The van der Waals surface area contributed by atoms with Crippen LogP contribution in [0.3, 0.4) is 0 Å². The summed E-state index contributed by atoms with van der Waals surface area (Å²) in [5, 5.41) is 15.0. The van der Waals surface area contributed by atoms with Crippen LogP contribution in [0.15, 0.2) is 53.1 Å². The van der Waals surface area contributed by atoms with E-state index >= 15 is 0 Å². The van der Waals surface area contributed by atoms with Gasteiger partial charge in [0.25, 0.3) is 0 Å². The standard InChI is InChI=1S/C31H31N3O4S/c35-30(36)19-8-11-26-27(12-19)39-31(32-26)34-20-9-10-21(34)14-22(13-20)37-16-25-28(33-38-29(25)18-6-7-18)24-15-23(24)17-4-2-1-3-5-17/h1-5,8,11-12,18,20-24H,6-7,9-10,13-16H2,(H,35,36)/t20-,21?,22?,23?,24?/m0/s1. The van der Waals surface area contributed by atoms with E-state index in [1.54, 1.807) is 23.5 Å². The third-order valence-corrected chi connectivity index (χ3v) is 10.2. The Morgan fingerprint density at radius 3 is 2.56 bits per heavy atom. The summed E-state index contributed by atoms with van der Waals surface area (Å²) in [6.45, 7) is 0.589. The Morgan fingerprint density at radius 1 is 1.03 bits per heavy atom. The van der Waals surface area contributed by atoms with Gasteiger partial charge in [-0.2, -0.15) is 0 Å². The first-order valence-corrected chi connectivity index (χ1v) is 15.0. The molecular formula is C31H31N3O4S. The lowest BCUT2D eigenvalue weighted by Crippen LogP contribution is -2.45. The zero-order valence-corrected chi connectivity index (χ0v) is 22.5. The fourth-order valence-corrected chi connectivity index (χ4v) is 8.08. The number of anilines is 1. The maximum atomic E-state index is 11.4. The molecule has 0 amide bonds. The van der Waals surface area contributed by atoms with Crippen LogP contribution in [-0.4, -0.2) is 39.4 Å². The van der Waals surface area contributed by atoms with E-state index in [1.165, 1.54) is 24.0 Å². The van der Waals surface area contributed by atoms with Crippen molar-refractivity contribution in [2.24, 2.45) is 0 Å². The molecule has 4 heterocycles. The molecule has 2 saturated carbocycles. The van der Waals surface area contributed by atoms with Crippen molar-refractivity contribution in [1.82, 2.24) is 10.1 Å². The Labute approximate surface area is 230 Å². The van der Waals surface area contributed by atoms with Crippen LogP contribution in [0.2, 0.25) is 0 Å². The molecule has 0 radical (unpaired) electrons. The predicted molar refractivity (Wildman–Crippen MR) is 149 cm³/mol. The summed E-state index contributed by atoms with van der Waals surface area (Å²) < 4.78 is 13.5. The third-order valence-electron chi connectivity index (χ3n) is 9.16. The van der Waals surface area contributed by atoms with Gasteiger partial charge in [-0.3, -0.25) is 0 Å². The highest BCUT2D eigenvalue weighted by Crippen LogP contribution is 2.56. The lowest BCUT2D eigenvalue weighted by Gasteiger charge is -2.38. The van der Waals surface area contributed by atoms with E-state index in [9.17, 15) is 9.90 Å². The average molecular weight is 542 g/mol. The molecule has 4 aliphatic rings. The first-order valence-electron chi connectivity index (χ1n) is 14.2. The van der Waals surface area contributed by atoms with Crippen molar-refractivity contribution in [3.63, 3.8) is 0 Å². The number of thiazole rings is 1. The fraction of sp³-hybridized carbons (Fsp3) is 0.452. The van der Waals surface area contributed by atoms with E-state index in [-0.39, 0.29) is 6.10 Å². The minimum atomic E-state index is -0.900. The van der Waals surface area contributed by atoms with Crippen LogP contribution in [0, 0.1) is 0 Å². The second kappa shape index (κ2) is 9.17. The lowest BCUT2D eigenvalue weighted by atomic mass is 10.00. The lowest BCUT2D eigenvalue weighted by molar-refractivity contribution is 0.0142. The molecule has 0 spiro atoms. The molecule has 2 aliphatic heterocycles. The summed E-state index contributed by atoms with van der Waals surface area (Å²) in [5.74, 6) is 1.64. The summed E-state index contributed by atoms with van der Waals surface area (Å²) >= 11 is 1.61. The highest BCUT2D eigenvalue weighted by molar-refractivity contribution is 7.22. The maximum Gasteiger partial charge on any atom is 0.335 e.